The van der Waals surface area contributed by atoms with Gasteiger partial charge in [0.05, 0.1) is 8.67 Å². The second-order valence-corrected chi connectivity index (χ2v) is 6.46. The third-order valence-corrected chi connectivity index (χ3v) is 4.57. The van der Waals surface area contributed by atoms with E-state index < -0.39 is 12.0 Å². The first-order valence-corrected chi connectivity index (χ1v) is 7.05. The van der Waals surface area contributed by atoms with Crippen LogP contribution in [-0.4, -0.2) is 28.6 Å². The number of hydrogen-bond donors (Lipinski definition) is 1. The molecule has 0 saturated carbocycles. The number of hydrogen-bond acceptors (Lipinski definition) is 3. The van der Waals surface area contributed by atoms with Crippen LogP contribution in [-0.2, 0) is 11.3 Å². The summed E-state index contributed by atoms with van der Waals surface area (Å²) in [5, 5.41) is 9.16. The molecule has 1 atom stereocenters. The smallest absolute Gasteiger partial charge is 0.320 e. The van der Waals surface area contributed by atoms with Crippen molar-refractivity contribution in [3.8, 4) is 0 Å². The fourth-order valence-electron chi connectivity index (χ4n) is 2.16. The maximum absolute atomic E-state index is 11.1. The molecule has 1 unspecified atom stereocenters. The van der Waals surface area contributed by atoms with E-state index in [1.165, 1.54) is 11.3 Å². The van der Waals surface area contributed by atoms with E-state index in [4.69, 9.17) is 28.3 Å². The maximum atomic E-state index is 11.1. The summed E-state index contributed by atoms with van der Waals surface area (Å²) in [4.78, 5) is 13.1. The van der Waals surface area contributed by atoms with Gasteiger partial charge in [0.2, 0.25) is 0 Å². The summed E-state index contributed by atoms with van der Waals surface area (Å²) in [6.45, 7) is 1.37. The van der Waals surface area contributed by atoms with Gasteiger partial charge in [-0.2, -0.15) is 0 Å². The first-order valence-electron chi connectivity index (χ1n) is 5.48. The van der Waals surface area contributed by atoms with Gasteiger partial charge in [0.15, 0.2) is 0 Å². The largest absolute Gasteiger partial charge is 0.480 e. The van der Waals surface area contributed by atoms with E-state index in [9.17, 15) is 4.79 Å². The van der Waals surface area contributed by atoms with Gasteiger partial charge in [-0.3, -0.25) is 9.69 Å². The van der Waals surface area contributed by atoms with Crippen molar-refractivity contribution in [3.63, 3.8) is 0 Å². The number of thiophene rings is 1. The Balaban J connectivity index is 2.10. The molecule has 2 heterocycles. The molecule has 6 heteroatoms. The van der Waals surface area contributed by atoms with Crippen LogP contribution in [0.4, 0.5) is 0 Å². The van der Waals surface area contributed by atoms with Gasteiger partial charge in [-0.05, 0) is 31.0 Å². The van der Waals surface area contributed by atoms with Gasteiger partial charge >= 0.3 is 5.97 Å². The molecule has 0 aromatic carbocycles. The minimum atomic E-state index is -0.748. The number of carboxylic acid groups (broad SMARTS) is 1. The van der Waals surface area contributed by atoms with Gasteiger partial charge in [0, 0.05) is 6.54 Å². The quantitative estimate of drug-likeness (QED) is 0.927. The number of rotatable bonds is 3. The summed E-state index contributed by atoms with van der Waals surface area (Å²) in [6, 6.07) is 1.43. The monoisotopic (exact) mass is 293 g/mol. The number of piperidine rings is 1. The van der Waals surface area contributed by atoms with E-state index >= 15 is 0 Å². The van der Waals surface area contributed by atoms with Gasteiger partial charge in [0.25, 0.3) is 0 Å². The van der Waals surface area contributed by atoms with Crippen molar-refractivity contribution in [1.82, 2.24) is 4.90 Å². The summed E-state index contributed by atoms with van der Waals surface area (Å²) >= 11 is 13.3. The Hall–Kier alpha value is -0.290. The molecular formula is C11H13Cl2NO2S. The number of carbonyl (C=O) groups is 1. The molecule has 0 aliphatic carbocycles. The summed E-state index contributed by atoms with van der Waals surface area (Å²) in [7, 11) is 0. The third-order valence-electron chi connectivity index (χ3n) is 3.00. The van der Waals surface area contributed by atoms with Crippen molar-refractivity contribution in [1.29, 1.82) is 0 Å². The van der Waals surface area contributed by atoms with Crippen LogP contribution >= 0.6 is 34.5 Å². The Labute approximate surface area is 114 Å². The molecule has 0 bridgehead atoms. The molecule has 0 radical (unpaired) electrons. The number of aliphatic carboxylic acids is 1. The highest BCUT2D eigenvalue weighted by Gasteiger charge is 2.28. The number of carboxylic acids is 1. The summed E-state index contributed by atoms with van der Waals surface area (Å²) < 4.78 is 1.30. The van der Waals surface area contributed by atoms with Crippen LogP contribution in [0.15, 0.2) is 6.07 Å². The highest BCUT2D eigenvalue weighted by molar-refractivity contribution is 7.20. The van der Waals surface area contributed by atoms with Gasteiger partial charge in [-0.1, -0.05) is 29.6 Å². The zero-order chi connectivity index (χ0) is 12.4. The minimum Gasteiger partial charge on any atom is -0.480 e. The minimum absolute atomic E-state index is 0.390. The average Bonchev–Trinajstić information content (AvgIpc) is 2.58. The molecule has 1 fully saturated rings. The number of likely N-dealkylation sites (tertiary alicyclic amines) is 1. The predicted molar refractivity (Wildman–Crippen MR) is 70.0 cm³/mol. The highest BCUT2D eigenvalue weighted by Crippen LogP contribution is 2.33. The molecule has 1 aromatic heterocycles. The molecule has 1 aromatic rings. The van der Waals surface area contributed by atoms with Crippen molar-refractivity contribution in [3.05, 3.63) is 20.3 Å². The molecule has 1 saturated heterocycles. The second kappa shape index (κ2) is 5.57. The van der Waals surface area contributed by atoms with Gasteiger partial charge in [0.1, 0.15) is 6.04 Å². The average molecular weight is 294 g/mol. The maximum Gasteiger partial charge on any atom is 0.320 e. The fourth-order valence-corrected chi connectivity index (χ4v) is 3.63. The molecule has 94 valence electrons. The first-order chi connectivity index (χ1) is 8.08. The Morgan fingerprint density at radius 3 is 2.88 bits per heavy atom. The molecule has 0 amide bonds. The molecule has 17 heavy (non-hydrogen) atoms. The van der Waals surface area contributed by atoms with Gasteiger partial charge < -0.3 is 5.11 Å². The van der Waals surface area contributed by atoms with Crippen LogP contribution in [0, 0.1) is 0 Å². The molecule has 0 spiro atoms. The lowest BCUT2D eigenvalue weighted by atomic mass is 10.0. The van der Waals surface area contributed by atoms with Gasteiger partial charge in [-0.15, -0.1) is 11.3 Å². The zero-order valence-corrected chi connectivity index (χ0v) is 11.5. The SMILES string of the molecule is O=C(O)C1CCCCN1Cc1cc(Cl)sc1Cl. The number of nitrogens with zero attached hydrogens (tertiary/aromatic N) is 1. The van der Waals surface area contributed by atoms with E-state index in [1.54, 1.807) is 0 Å². The number of halogens is 2. The summed E-state index contributed by atoms with van der Waals surface area (Å²) in [6.07, 6.45) is 2.73. The van der Waals surface area contributed by atoms with Crippen molar-refractivity contribution in [2.24, 2.45) is 0 Å². The van der Waals surface area contributed by atoms with E-state index in [0.29, 0.717) is 21.6 Å². The second-order valence-electron chi connectivity index (χ2n) is 4.17. The Bertz CT molecular complexity index is 422. The van der Waals surface area contributed by atoms with Crippen LogP contribution in [0.3, 0.4) is 0 Å². The Kier molecular flexibility index (Phi) is 4.31. The predicted octanol–water partition coefficient (Wildman–Crippen LogP) is 3.49. The summed E-state index contributed by atoms with van der Waals surface area (Å²) in [5.41, 5.74) is 0.926. The highest BCUT2D eigenvalue weighted by atomic mass is 35.5. The third kappa shape index (κ3) is 3.13. The van der Waals surface area contributed by atoms with Crippen LogP contribution in [0.2, 0.25) is 8.67 Å². The van der Waals surface area contributed by atoms with Crippen LogP contribution < -0.4 is 0 Å². The van der Waals surface area contributed by atoms with E-state index in [-0.39, 0.29) is 0 Å². The lowest BCUT2D eigenvalue weighted by Crippen LogP contribution is -2.43. The topological polar surface area (TPSA) is 40.5 Å². The molecule has 1 N–H and O–H groups in total. The van der Waals surface area contributed by atoms with Crippen molar-refractivity contribution in [2.75, 3.05) is 6.54 Å². The summed E-state index contributed by atoms with van der Waals surface area (Å²) in [5.74, 6) is -0.748. The normalized spacial score (nSPS) is 21.6. The van der Waals surface area contributed by atoms with Crippen molar-refractivity contribution >= 4 is 40.5 Å². The fraction of sp³-hybridized carbons (Fsp3) is 0.545. The van der Waals surface area contributed by atoms with Gasteiger partial charge in [-0.25, -0.2) is 0 Å². The van der Waals surface area contributed by atoms with E-state index in [0.717, 1.165) is 24.9 Å². The zero-order valence-electron chi connectivity index (χ0n) is 9.16. The van der Waals surface area contributed by atoms with Crippen LogP contribution in [0.5, 0.6) is 0 Å². The molecular weight excluding hydrogens is 281 g/mol. The van der Waals surface area contributed by atoms with Crippen molar-refractivity contribution < 1.29 is 9.90 Å². The van der Waals surface area contributed by atoms with Crippen molar-refractivity contribution in [2.45, 2.75) is 31.8 Å². The van der Waals surface area contributed by atoms with E-state index in [2.05, 4.69) is 0 Å². The molecule has 1 aliphatic heterocycles. The molecule has 1 aliphatic rings. The lowest BCUT2D eigenvalue weighted by molar-refractivity contribution is -0.144. The molecule has 2 rings (SSSR count). The molecule has 3 nitrogen and oxygen atoms in total. The van der Waals surface area contributed by atoms with Crippen LogP contribution in [0.1, 0.15) is 24.8 Å². The first kappa shape index (κ1) is 13.1. The lowest BCUT2D eigenvalue weighted by Gasteiger charge is -2.32. The Morgan fingerprint density at radius 1 is 1.53 bits per heavy atom. The Morgan fingerprint density at radius 2 is 2.29 bits per heavy atom. The standard InChI is InChI=1S/C11H13Cl2NO2S/c12-9-5-7(10(13)17-9)6-14-4-2-1-3-8(14)11(15)16/h5,8H,1-4,6H2,(H,15,16). The van der Waals surface area contributed by atoms with E-state index in [1.807, 2.05) is 11.0 Å². The van der Waals surface area contributed by atoms with Crippen LogP contribution in [0.25, 0.3) is 0 Å².